The second-order valence-corrected chi connectivity index (χ2v) is 5.57. The van der Waals surface area contributed by atoms with Crippen LogP contribution in [0.4, 0.5) is 4.79 Å². The molecule has 2 amide bonds. The smallest absolute Gasteiger partial charge is 0.334 e. The molecule has 104 valence electrons. The van der Waals surface area contributed by atoms with Gasteiger partial charge < -0.3 is 11.1 Å². The summed E-state index contributed by atoms with van der Waals surface area (Å²) in [6, 6.07) is 0.430. The quantitative estimate of drug-likeness (QED) is 0.673. The van der Waals surface area contributed by atoms with Crippen LogP contribution in [-0.2, 0) is 4.84 Å². The van der Waals surface area contributed by atoms with E-state index in [2.05, 4.69) is 10.8 Å². The molecule has 0 aromatic carbocycles. The van der Waals surface area contributed by atoms with E-state index >= 15 is 0 Å². The van der Waals surface area contributed by atoms with Crippen molar-refractivity contribution < 1.29 is 9.63 Å². The van der Waals surface area contributed by atoms with Crippen LogP contribution < -0.4 is 16.5 Å². The molecule has 0 bridgehead atoms. The number of nitrogens with two attached hydrogens (primary N) is 1. The fourth-order valence-electron chi connectivity index (χ4n) is 2.81. The van der Waals surface area contributed by atoms with E-state index < -0.39 is 0 Å². The summed E-state index contributed by atoms with van der Waals surface area (Å²) >= 11 is 0. The number of rotatable bonds is 3. The minimum absolute atomic E-state index is 0.127. The molecule has 0 atom stereocenters. The number of urea groups is 1. The number of hydrogen-bond donors (Lipinski definition) is 3. The molecule has 0 heterocycles. The van der Waals surface area contributed by atoms with Crippen LogP contribution in [-0.4, -0.2) is 24.2 Å². The summed E-state index contributed by atoms with van der Waals surface area (Å²) in [4.78, 5) is 17.1. The first-order chi connectivity index (χ1) is 8.74. The van der Waals surface area contributed by atoms with Crippen LogP contribution >= 0.6 is 0 Å². The molecule has 2 aliphatic carbocycles. The SMILES string of the molecule is NC1CCC(ONC(=O)NC2CCCCC2)CC1. The van der Waals surface area contributed by atoms with Crippen molar-refractivity contribution in [2.45, 2.75) is 76.0 Å². The molecule has 0 radical (unpaired) electrons. The molecular weight excluding hydrogens is 230 g/mol. The van der Waals surface area contributed by atoms with E-state index in [0.29, 0.717) is 12.1 Å². The maximum absolute atomic E-state index is 11.6. The van der Waals surface area contributed by atoms with E-state index in [0.717, 1.165) is 38.5 Å². The van der Waals surface area contributed by atoms with E-state index in [4.69, 9.17) is 10.6 Å². The van der Waals surface area contributed by atoms with Gasteiger partial charge in [-0.25, -0.2) is 10.3 Å². The Balaban J connectivity index is 1.59. The third-order valence-corrected chi connectivity index (χ3v) is 3.98. The second kappa shape index (κ2) is 6.95. The Morgan fingerprint density at radius 3 is 2.33 bits per heavy atom. The molecule has 0 aromatic rings. The Morgan fingerprint density at radius 2 is 1.67 bits per heavy atom. The Bertz CT molecular complexity index is 259. The third-order valence-electron chi connectivity index (χ3n) is 3.98. The van der Waals surface area contributed by atoms with Gasteiger partial charge >= 0.3 is 6.03 Å². The summed E-state index contributed by atoms with van der Waals surface area (Å²) in [6.45, 7) is 0. The molecule has 0 aliphatic heterocycles. The van der Waals surface area contributed by atoms with Crippen LogP contribution in [0.1, 0.15) is 57.8 Å². The summed E-state index contributed by atoms with van der Waals surface area (Å²) in [5.41, 5.74) is 8.34. The molecule has 2 aliphatic rings. The Hall–Kier alpha value is -0.810. The zero-order chi connectivity index (χ0) is 12.8. The van der Waals surface area contributed by atoms with Crippen molar-refractivity contribution in [3.05, 3.63) is 0 Å². The van der Waals surface area contributed by atoms with Gasteiger partial charge in [-0.2, -0.15) is 0 Å². The topological polar surface area (TPSA) is 76.4 Å². The van der Waals surface area contributed by atoms with Gasteiger partial charge in [-0.15, -0.1) is 0 Å². The van der Waals surface area contributed by atoms with E-state index in [1.165, 1.54) is 19.3 Å². The zero-order valence-electron chi connectivity index (χ0n) is 11.0. The highest BCUT2D eigenvalue weighted by molar-refractivity contribution is 5.73. The fourth-order valence-corrected chi connectivity index (χ4v) is 2.81. The minimum atomic E-state index is -0.197. The van der Waals surface area contributed by atoms with Crippen molar-refractivity contribution in [3.63, 3.8) is 0 Å². The van der Waals surface area contributed by atoms with Gasteiger partial charge in [-0.05, 0) is 38.5 Å². The maximum Gasteiger partial charge on any atom is 0.338 e. The minimum Gasteiger partial charge on any atom is -0.334 e. The molecular formula is C13H25N3O2. The predicted octanol–water partition coefficient (Wildman–Crippen LogP) is 1.82. The van der Waals surface area contributed by atoms with Crippen LogP contribution in [0, 0.1) is 0 Å². The normalized spacial score (nSPS) is 29.8. The van der Waals surface area contributed by atoms with E-state index in [-0.39, 0.29) is 12.1 Å². The highest BCUT2D eigenvalue weighted by Crippen LogP contribution is 2.19. The molecule has 0 aromatic heterocycles. The van der Waals surface area contributed by atoms with Crippen LogP contribution in [0.15, 0.2) is 0 Å². The molecule has 18 heavy (non-hydrogen) atoms. The van der Waals surface area contributed by atoms with Crippen LogP contribution in [0.5, 0.6) is 0 Å². The number of carbonyl (C=O) groups excluding carboxylic acids is 1. The predicted molar refractivity (Wildman–Crippen MR) is 69.9 cm³/mol. The second-order valence-electron chi connectivity index (χ2n) is 5.57. The number of hydroxylamine groups is 1. The van der Waals surface area contributed by atoms with Crippen molar-refractivity contribution in [3.8, 4) is 0 Å². The molecule has 0 spiro atoms. The summed E-state index contributed by atoms with van der Waals surface area (Å²) in [7, 11) is 0. The van der Waals surface area contributed by atoms with Gasteiger partial charge in [-0.3, -0.25) is 4.84 Å². The summed E-state index contributed by atoms with van der Waals surface area (Å²) in [5, 5.41) is 2.97. The number of hydrogen-bond acceptors (Lipinski definition) is 3. The van der Waals surface area contributed by atoms with E-state index in [1.54, 1.807) is 0 Å². The van der Waals surface area contributed by atoms with Crippen LogP contribution in [0.3, 0.4) is 0 Å². The lowest BCUT2D eigenvalue weighted by molar-refractivity contribution is -0.0253. The Kier molecular flexibility index (Phi) is 5.26. The van der Waals surface area contributed by atoms with Gasteiger partial charge in [0, 0.05) is 12.1 Å². The number of nitrogens with one attached hydrogen (secondary N) is 2. The zero-order valence-corrected chi connectivity index (χ0v) is 11.0. The lowest BCUT2D eigenvalue weighted by Crippen LogP contribution is -2.44. The van der Waals surface area contributed by atoms with Gasteiger partial charge in [-0.1, -0.05) is 19.3 Å². The highest BCUT2D eigenvalue weighted by Gasteiger charge is 2.21. The average molecular weight is 255 g/mol. The molecule has 0 unspecified atom stereocenters. The van der Waals surface area contributed by atoms with Crippen molar-refractivity contribution in [2.75, 3.05) is 0 Å². The van der Waals surface area contributed by atoms with Gasteiger partial charge in [0.15, 0.2) is 0 Å². The monoisotopic (exact) mass is 255 g/mol. The van der Waals surface area contributed by atoms with E-state index in [1.807, 2.05) is 0 Å². The molecule has 5 nitrogen and oxygen atoms in total. The maximum atomic E-state index is 11.6. The van der Waals surface area contributed by atoms with Crippen molar-refractivity contribution in [1.29, 1.82) is 0 Å². The first kappa shape index (κ1) is 13.6. The fraction of sp³-hybridized carbons (Fsp3) is 0.923. The molecule has 2 saturated carbocycles. The van der Waals surface area contributed by atoms with Crippen molar-refractivity contribution in [1.82, 2.24) is 10.8 Å². The number of amides is 2. The lowest BCUT2D eigenvalue weighted by atomic mass is 9.94. The summed E-state index contributed by atoms with van der Waals surface area (Å²) < 4.78 is 0. The van der Waals surface area contributed by atoms with Gasteiger partial charge in [0.1, 0.15) is 0 Å². The molecule has 4 N–H and O–H groups in total. The molecule has 2 rings (SSSR count). The Labute approximate surface area is 109 Å². The first-order valence-corrected chi connectivity index (χ1v) is 7.22. The standard InChI is InChI=1S/C13H25N3O2/c14-10-6-8-12(9-7-10)18-16-13(17)15-11-4-2-1-3-5-11/h10-12H,1-9,14H2,(H2,15,16,17). The largest absolute Gasteiger partial charge is 0.338 e. The van der Waals surface area contributed by atoms with Crippen molar-refractivity contribution >= 4 is 6.03 Å². The third kappa shape index (κ3) is 4.46. The molecule has 0 saturated heterocycles. The molecule has 5 heteroatoms. The van der Waals surface area contributed by atoms with Gasteiger partial charge in [0.25, 0.3) is 0 Å². The van der Waals surface area contributed by atoms with Gasteiger partial charge in [0.2, 0.25) is 0 Å². The summed E-state index contributed by atoms with van der Waals surface area (Å²) in [6.07, 6.45) is 9.86. The van der Waals surface area contributed by atoms with E-state index in [9.17, 15) is 4.79 Å². The van der Waals surface area contributed by atoms with Gasteiger partial charge in [0.05, 0.1) is 6.10 Å². The highest BCUT2D eigenvalue weighted by atomic mass is 16.7. The van der Waals surface area contributed by atoms with Crippen LogP contribution in [0.2, 0.25) is 0 Å². The summed E-state index contributed by atoms with van der Waals surface area (Å²) in [5.74, 6) is 0. The number of carbonyl (C=O) groups is 1. The Morgan fingerprint density at radius 1 is 1.00 bits per heavy atom. The van der Waals surface area contributed by atoms with Crippen molar-refractivity contribution in [2.24, 2.45) is 5.73 Å². The molecule has 2 fully saturated rings. The lowest BCUT2D eigenvalue weighted by Gasteiger charge is -2.27. The van der Waals surface area contributed by atoms with Crippen LogP contribution in [0.25, 0.3) is 0 Å². The first-order valence-electron chi connectivity index (χ1n) is 7.22. The average Bonchev–Trinajstić information content (AvgIpc) is 2.39.